The molecule has 1 amide bonds. The Kier molecular flexibility index (Phi) is 8.01. The molecule has 0 bridgehead atoms. The molecular weight excluding hydrogens is 596 g/mol. The van der Waals surface area contributed by atoms with E-state index in [1.807, 2.05) is 25.1 Å². The van der Waals surface area contributed by atoms with E-state index in [9.17, 15) is 14.4 Å². The Bertz CT molecular complexity index is 1570. The number of anilines is 1. The molecule has 0 aliphatic rings. The number of carbonyl (C=O) groups is 1. The van der Waals surface area contributed by atoms with Gasteiger partial charge in [0, 0.05) is 15.7 Å². The molecule has 3 aromatic carbocycles. The summed E-state index contributed by atoms with van der Waals surface area (Å²) >= 11 is 6.95. The summed E-state index contributed by atoms with van der Waals surface area (Å²) in [5, 5.41) is 7.19. The van der Waals surface area contributed by atoms with Gasteiger partial charge in [0.05, 0.1) is 28.2 Å². The van der Waals surface area contributed by atoms with Crippen molar-refractivity contribution in [3.05, 3.63) is 96.0 Å². The van der Waals surface area contributed by atoms with Gasteiger partial charge in [0.2, 0.25) is 0 Å². The Hall–Kier alpha value is -3.70. The summed E-state index contributed by atoms with van der Waals surface area (Å²) in [6, 6.07) is 17.4. The average molecular weight is 616 g/mol. The van der Waals surface area contributed by atoms with Gasteiger partial charge in [-0.3, -0.25) is 9.59 Å². The molecule has 0 atom stereocenters. The Balaban J connectivity index is 1.62. The Labute approximate surface area is 222 Å². The minimum Gasteiger partial charge on any atom is -0.490 e. The van der Waals surface area contributed by atoms with Crippen LogP contribution in [0.3, 0.4) is 0 Å². The van der Waals surface area contributed by atoms with Crippen molar-refractivity contribution in [2.24, 2.45) is 5.10 Å². The number of benzene rings is 3. The van der Waals surface area contributed by atoms with Crippen LogP contribution in [0.2, 0.25) is 0 Å². The molecule has 9 nitrogen and oxygen atoms in total. The smallest absolute Gasteiger partial charge is 0.349 e. The fraction of sp³-hybridized carbons (Fsp3) is 0.120. The van der Waals surface area contributed by atoms with Gasteiger partial charge in [0.1, 0.15) is 0 Å². The molecule has 0 spiro atoms. The summed E-state index contributed by atoms with van der Waals surface area (Å²) in [7, 11) is 0. The normalized spacial score (nSPS) is 11.1. The molecule has 0 saturated carbocycles. The molecule has 1 aromatic heterocycles. The van der Waals surface area contributed by atoms with Crippen LogP contribution in [-0.4, -0.2) is 35.0 Å². The highest BCUT2D eigenvalue weighted by molar-refractivity contribution is 9.13. The van der Waals surface area contributed by atoms with Crippen LogP contribution in [0.25, 0.3) is 10.9 Å². The van der Waals surface area contributed by atoms with E-state index in [0.29, 0.717) is 49.2 Å². The highest BCUT2D eigenvalue weighted by atomic mass is 79.9. The number of carbonyl (C=O) groups excluding carboxylic acids is 1. The number of halogens is 2. The summed E-state index contributed by atoms with van der Waals surface area (Å²) in [6.45, 7) is 1.89. The van der Waals surface area contributed by atoms with Gasteiger partial charge >= 0.3 is 5.69 Å². The molecule has 0 aliphatic heterocycles. The minimum absolute atomic E-state index is 0.255. The number of amides is 1. The van der Waals surface area contributed by atoms with Gasteiger partial charge in [0.15, 0.2) is 18.1 Å². The lowest BCUT2D eigenvalue weighted by atomic mass is 10.2. The van der Waals surface area contributed by atoms with Gasteiger partial charge in [-0.25, -0.2) is 4.79 Å². The molecule has 4 aromatic rings. The monoisotopic (exact) mass is 614 g/mol. The molecule has 0 radical (unpaired) electrons. The summed E-state index contributed by atoms with van der Waals surface area (Å²) in [5.41, 5.74) is 0.377. The SMILES string of the molecule is CCOc1cc(C=Nn2c(=O)[nH]c3ccccc3c2=O)c(Br)c(Br)c1OCC(=O)Nc1ccccc1. The minimum atomic E-state index is -0.667. The van der Waals surface area contributed by atoms with E-state index in [2.05, 4.69) is 47.3 Å². The molecule has 0 fully saturated rings. The number of nitrogens with one attached hydrogen (secondary N) is 2. The number of rotatable bonds is 8. The summed E-state index contributed by atoms with van der Waals surface area (Å²) in [5.74, 6) is 0.318. The number of para-hydroxylation sites is 2. The average Bonchev–Trinajstić information content (AvgIpc) is 2.87. The first-order valence-corrected chi connectivity index (χ1v) is 12.4. The van der Waals surface area contributed by atoms with Gasteiger partial charge in [-0.2, -0.15) is 5.10 Å². The molecule has 0 unspecified atom stereocenters. The maximum absolute atomic E-state index is 12.8. The van der Waals surface area contributed by atoms with Crippen molar-refractivity contribution in [3.8, 4) is 11.5 Å². The highest BCUT2D eigenvalue weighted by Crippen LogP contribution is 2.42. The fourth-order valence-corrected chi connectivity index (χ4v) is 4.27. The second-order valence-corrected chi connectivity index (χ2v) is 8.98. The Morgan fingerprint density at radius 3 is 2.53 bits per heavy atom. The van der Waals surface area contributed by atoms with Crippen LogP contribution in [0.4, 0.5) is 5.69 Å². The van der Waals surface area contributed by atoms with Crippen molar-refractivity contribution in [2.45, 2.75) is 6.92 Å². The lowest BCUT2D eigenvalue weighted by Crippen LogP contribution is -2.32. The van der Waals surface area contributed by atoms with E-state index in [1.165, 1.54) is 6.21 Å². The van der Waals surface area contributed by atoms with E-state index in [0.717, 1.165) is 4.68 Å². The Morgan fingerprint density at radius 1 is 1.06 bits per heavy atom. The number of aromatic nitrogens is 2. The van der Waals surface area contributed by atoms with Gasteiger partial charge in [0.25, 0.3) is 11.5 Å². The fourth-order valence-electron chi connectivity index (χ4n) is 3.33. The second-order valence-electron chi connectivity index (χ2n) is 7.39. The van der Waals surface area contributed by atoms with Crippen LogP contribution in [0.5, 0.6) is 11.5 Å². The maximum Gasteiger partial charge on any atom is 0.349 e. The zero-order chi connectivity index (χ0) is 25.7. The van der Waals surface area contributed by atoms with E-state index >= 15 is 0 Å². The van der Waals surface area contributed by atoms with Crippen molar-refractivity contribution in [2.75, 3.05) is 18.5 Å². The van der Waals surface area contributed by atoms with E-state index < -0.39 is 11.2 Å². The first-order valence-electron chi connectivity index (χ1n) is 10.8. The molecule has 0 aliphatic carbocycles. The van der Waals surface area contributed by atoms with Gasteiger partial charge in [-0.05, 0) is 69.1 Å². The molecule has 36 heavy (non-hydrogen) atoms. The number of fused-ring (bicyclic) bond motifs is 1. The third-order valence-corrected chi connectivity index (χ3v) is 7.10. The van der Waals surface area contributed by atoms with Gasteiger partial charge < -0.3 is 19.8 Å². The van der Waals surface area contributed by atoms with Gasteiger partial charge in [-0.1, -0.05) is 30.3 Å². The third-order valence-electron chi connectivity index (χ3n) is 4.96. The zero-order valence-electron chi connectivity index (χ0n) is 19.0. The second kappa shape index (κ2) is 11.4. The quantitative estimate of drug-likeness (QED) is 0.283. The lowest BCUT2D eigenvalue weighted by molar-refractivity contribution is -0.118. The number of nitrogens with zero attached hydrogens (tertiary/aromatic N) is 2. The van der Waals surface area contributed by atoms with Crippen LogP contribution in [0.15, 0.2) is 84.3 Å². The van der Waals surface area contributed by atoms with Crippen molar-refractivity contribution < 1.29 is 14.3 Å². The van der Waals surface area contributed by atoms with E-state index in [1.54, 1.807) is 42.5 Å². The van der Waals surface area contributed by atoms with Crippen LogP contribution in [0, 0.1) is 0 Å². The Morgan fingerprint density at radius 2 is 1.78 bits per heavy atom. The largest absolute Gasteiger partial charge is 0.490 e. The molecule has 184 valence electrons. The van der Waals surface area contributed by atoms with Gasteiger partial charge in [-0.15, -0.1) is 4.68 Å². The molecule has 0 saturated heterocycles. The van der Waals surface area contributed by atoms with Crippen molar-refractivity contribution >= 4 is 60.6 Å². The third kappa shape index (κ3) is 5.58. The van der Waals surface area contributed by atoms with Crippen LogP contribution in [-0.2, 0) is 4.79 Å². The predicted molar refractivity (Wildman–Crippen MR) is 145 cm³/mol. The molecule has 2 N–H and O–H groups in total. The lowest BCUT2D eigenvalue weighted by Gasteiger charge is -2.16. The van der Waals surface area contributed by atoms with Crippen LogP contribution in [0.1, 0.15) is 12.5 Å². The number of ether oxygens (including phenoxy) is 2. The molecule has 1 heterocycles. The van der Waals surface area contributed by atoms with E-state index in [4.69, 9.17) is 9.47 Å². The van der Waals surface area contributed by atoms with Crippen molar-refractivity contribution in [1.82, 2.24) is 9.66 Å². The first-order chi connectivity index (χ1) is 17.4. The number of hydrogen-bond donors (Lipinski definition) is 2. The summed E-state index contributed by atoms with van der Waals surface area (Å²) in [6.07, 6.45) is 1.36. The predicted octanol–water partition coefficient (Wildman–Crippen LogP) is 4.51. The topological polar surface area (TPSA) is 115 Å². The standard InChI is InChI=1S/C25H20Br2N4O5/c1-2-35-19-12-15(13-28-31-24(33)17-10-6-7-11-18(17)30-25(31)34)21(26)22(27)23(19)36-14-20(32)29-16-8-4-3-5-9-16/h3-13H,2,14H2,1H3,(H,29,32)(H,30,34). The highest BCUT2D eigenvalue weighted by Gasteiger charge is 2.18. The molecule has 4 rings (SSSR count). The van der Waals surface area contributed by atoms with Crippen LogP contribution < -0.4 is 26.0 Å². The van der Waals surface area contributed by atoms with Crippen molar-refractivity contribution in [3.63, 3.8) is 0 Å². The number of H-pyrrole nitrogens is 1. The first kappa shape index (κ1) is 25.4. The van der Waals surface area contributed by atoms with E-state index in [-0.39, 0.29) is 12.5 Å². The molecular formula is C25H20Br2N4O5. The van der Waals surface area contributed by atoms with Crippen molar-refractivity contribution in [1.29, 1.82) is 0 Å². The number of aromatic amines is 1. The molecule has 11 heteroatoms. The summed E-state index contributed by atoms with van der Waals surface area (Å²) < 4.78 is 13.2. The zero-order valence-corrected chi connectivity index (χ0v) is 22.1. The van der Waals surface area contributed by atoms with Crippen LogP contribution >= 0.6 is 31.9 Å². The summed E-state index contributed by atoms with van der Waals surface area (Å²) in [4.78, 5) is 40.2. The number of hydrogen-bond acceptors (Lipinski definition) is 6. The maximum atomic E-state index is 12.8.